The van der Waals surface area contributed by atoms with Crippen molar-refractivity contribution < 1.29 is 0 Å². The van der Waals surface area contributed by atoms with Crippen LogP contribution in [0.15, 0.2) is 30.9 Å². The van der Waals surface area contributed by atoms with Crippen LogP contribution >= 0.6 is 11.6 Å². The van der Waals surface area contributed by atoms with Crippen molar-refractivity contribution >= 4 is 23.4 Å². The number of halogens is 1. The second-order valence-electron chi connectivity index (χ2n) is 4.79. The first-order valence-electron chi connectivity index (χ1n) is 6.84. The van der Waals surface area contributed by atoms with Crippen molar-refractivity contribution in [2.45, 2.75) is 13.0 Å². The van der Waals surface area contributed by atoms with Crippen molar-refractivity contribution in [3.8, 4) is 17.3 Å². The Morgan fingerprint density at radius 2 is 2.26 bits per heavy atom. The first-order valence-corrected chi connectivity index (χ1v) is 7.22. The van der Waals surface area contributed by atoms with E-state index in [4.69, 9.17) is 16.9 Å². The number of nitrogens with one attached hydrogen (secondary N) is 1. The minimum absolute atomic E-state index is 0.394. The van der Waals surface area contributed by atoms with Crippen molar-refractivity contribution in [1.82, 2.24) is 29.5 Å². The predicted molar refractivity (Wildman–Crippen MR) is 85.0 cm³/mol. The second-order valence-corrected chi connectivity index (χ2v) is 5.20. The van der Waals surface area contributed by atoms with Gasteiger partial charge in [0.05, 0.1) is 42.1 Å². The first-order chi connectivity index (χ1) is 11.2. The zero-order valence-electron chi connectivity index (χ0n) is 12.3. The van der Waals surface area contributed by atoms with Crippen LogP contribution in [0.5, 0.6) is 0 Å². The third kappa shape index (κ3) is 3.46. The second kappa shape index (κ2) is 6.46. The lowest BCUT2D eigenvalue weighted by Gasteiger charge is -2.05. The molecular formula is C14H13ClN8. The largest absolute Gasteiger partial charge is 0.307 e. The topological polar surface area (TPSA) is 97.2 Å². The molecule has 8 nitrogen and oxygen atoms in total. The normalized spacial score (nSPS) is 10.5. The van der Waals surface area contributed by atoms with Crippen LogP contribution in [0.2, 0.25) is 5.02 Å². The molecule has 3 heterocycles. The summed E-state index contributed by atoms with van der Waals surface area (Å²) >= 11 is 6.19. The lowest BCUT2D eigenvalue weighted by Crippen LogP contribution is -2.00. The average molecular weight is 329 g/mol. The molecule has 0 saturated heterocycles. The van der Waals surface area contributed by atoms with Crippen molar-refractivity contribution in [1.29, 1.82) is 5.26 Å². The number of hydrogen-bond acceptors (Lipinski definition) is 6. The van der Waals surface area contributed by atoms with Gasteiger partial charge in [-0.25, -0.2) is 9.97 Å². The van der Waals surface area contributed by atoms with Gasteiger partial charge in [0.15, 0.2) is 5.82 Å². The van der Waals surface area contributed by atoms with Crippen LogP contribution in [0.25, 0.3) is 11.3 Å². The predicted octanol–water partition coefficient (Wildman–Crippen LogP) is 2.38. The fourth-order valence-corrected chi connectivity index (χ4v) is 2.20. The Morgan fingerprint density at radius 3 is 3.00 bits per heavy atom. The Hall–Kier alpha value is -2.92. The summed E-state index contributed by atoms with van der Waals surface area (Å²) < 4.78 is 3.36. The van der Waals surface area contributed by atoms with E-state index in [1.54, 1.807) is 21.8 Å². The SMILES string of the molecule is Cn1ccc(Nc2ncc(Cl)c(-c3cnn(CCC#N)c3)n2)n1. The molecule has 3 rings (SSSR count). The van der Waals surface area contributed by atoms with Crippen molar-refractivity contribution in [3.63, 3.8) is 0 Å². The van der Waals surface area contributed by atoms with Crippen molar-refractivity contribution in [2.75, 3.05) is 5.32 Å². The molecule has 0 aliphatic rings. The summed E-state index contributed by atoms with van der Waals surface area (Å²) in [5, 5.41) is 20.5. The van der Waals surface area contributed by atoms with Gasteiger partial charge >= 0.3 is 0 Å². The van der Waals surface area contributed by atoms with Crippen LogP contribution in [0, 0.1) is 11.3 Å². The molecule has 0 bridgehead atoms. The Bertz CT molecular complexity index is 860. The first kappa shape index (κ1) is 15.0. The molecule has 0 fully saturated rings. The Labute approximate surface area is 137 Å². The summed E-state index contributed by atoms with van der Waals surface area (Å²) in [6.45, 7) is 0.526. The van der Waals surface area contributed by atoms with E-state index in [9.17, 15) is 0 Å². The van der Waals surface area contributed by atoms with Gasteiger partial charge in [0.1, 0.15) is 0 Å². The highest BCUT2D eigenvalue weighted by molar-refractivity contribution is 6.32. The highest BCUT2D eigenvalue weighted by atomic mass is 35.5. The van der Waals surface area contributed by atoms with Crippen LogP contribution < -0.4 is 5.32 Å². The van der Waals surface area contributed by atoms with Crippen LogP contribution in [0.1, 0.15) is 6.42 Å². The third-order valence-electron chi connectivity index (χ3n) is 3.06. The molecule has 1 N–H and O–H groups in total. The van der Waals surface area contributed by atoms with Gasteiger partial charge in [-0.2, -0.15) is 15.5 Å². The van der Waals surface area contributed by atoms with Gasteiger partial charge in [0, 0.05) is 31.1 Å². The van der Waals surface area contributed by atoms with Gasteiger partial charge in [-0.3, -0.25) is 9.36 Å². The van der Waals surface area contributed by atoms with E-state index in [-0.39, 0.29) is 0 Å². The van der Waals surface area contributed by atoms with Crippen LogP contribution in [-0.2, 0) is 13.6 Å². The fourth-order valence-electron chi connectivity index (χ4n) is 2.00. The smallest absolute Gasteiger partial charge is 0.229 e. The van der Waals surface area contributed by atoms with Gasteiger partial charge in [0.2, 0.25) is 5.95 Å². The molecular weight excluding hydrogens is 316 g/mol. The molecule has 0 radical (unpaired) electrons. The summed E-state index contributed by atoms with van der Waals surface area (Å²) in [5.74, 6) is 1.04. The van der Waals surface area contributed by atoms with Crippen molar-refractivity contribution in [3.05, 3.63) is 35.9 Å². The van der Waals surface area contributed by atoms with E-state index in [0.29, 0.717) is 35.4 Å². The number of rotatable bonds is 5. The molecule has 116 valence electrons. The Kier molecular flexibility index (Phi) is 4.21. The lowest BCUT2D eigenvalue weighted by atomic mass is 10.2. The highest BCUT2D eigenvalue weighted by Gasteiger charge is 2.11. The molecule has 0 aliphatic heterocycles. The van der Waals surface area contributed by atoms with Crippen LogP contribution in [-0.4, -0.2) is 29.5 Å². The molecule has 0 saturated carbocycles. The Morgan fingerprint density at radius 1 is 1.39 bits per heavy atom. The quantitative estimate of drug-likeness (QED) is 0.772. The molecule has 0 aliphatic carbocycles. The van der Waals surface area contributed by atoms with Gasteiger partial charge in [-0.05, 0) is 0 Å². The standard InChI is InChI=1S/C14H13ClN8/c1-22-6-3-12(21-22)19-14-17-8-11(15)13(20-14)10-7-18-23(9-10)5-2-4-16/h3,6-9H,2,5H2,1H3,(H,17,19,20,21). The molecule has 0 atom stereocenters. The van der Waals surface area contributed by atoms with E-state index in [2.05, 4.69) is 31.6 Å². The average Bonchev–Trinajstić information content (AvgIpc) is 3.16. The van der Waals surface area contributed by atoms with E-state index in [0.717, 1.165) is 5.56 Å². The van der Waals surface area contributed by atoms with Gasteiger partial charge in [-0.1, -0.05) is 11.6 Å². The number of nitriles is 1. The monoisotopic (exact) mass is 328 g/mol. The summed E-state index contributed by atoms with van der Waals surface area (Å²) in [6.07, 6.45) is 7.21. The molecule has 0 unspecified atom stereocenters. The maximum Gasteiger partial charge on any atom is 0.229 e. The van der Waals surface area contributed by atoms with Crippen molar-refractivity contribution in [2.24, 2.45) is 7.05 Å². The summed E-state index contributed by atoms with van der Waals surface area (Å²) in [6, 6.07) is 3.90. The highest BCUT2D eigenvalue weighted by Crippen LogP contribution is 2.26. The van der Waals surface area contributed by atoms with Gasteiger partial charge in [0.25, 0.3) is 0 Å². The molecule has 0 aromatic carbocycles. The molecule has 3 aromatic heterocycles. The number of aryl methyl sites for hydroxylation is 2. The van der Waals surface area contributed by atoms with Gasteiger partial charge in [-0.15, -0.1) is 0 Å². The van der Waals surface area contributed by atoms with E-state index < -0.39 is 0 Å². The van der Waals surface area contributed by atoms with Gasteiger partial charge < -0.3 is 5.32 Å². The Balaban J connectivity index is 1.85. The number of nitrogens with zero attached hydrogens (tertiary/aromatic N) is 7. The molecule has 9 heteroatoms. The zero-order chi connectivity index (χ0) is 16.2. The molecule has 0 amide bonds. The number of aromatic nitrogens is 6. The number of anilines is 2. The maximum absolute atomic E-state index is 8.63. The van der Waals surface area contributed by atoms with Crippen LogP contribution in [0.3, 0.4) is 0 Å². The van der Waals surface area contributed by atoms with E-state index in [1.165, 1.54) is 6.20 Å². The maximum atomic E-state index is 8.63. The lowest BCUT2D eigenvalue weighted by molar-refractivity contribution is 0.628. The summed E-state index contributed by atoms with van der Waals surface area (Å²) in [7, 11) is 1.83. The number of hydrogen-bond donors (Lipinski definition) is 1. The molecule has 23 heavy (non-hydrogen) atoms. The summed E-state index contributed by atoms with van der Waals surface area (Å²) in [5.41, 5.74) is 1.34. The molecule has 3 aromatic rings. The van der Waals surface area contributed by atoms with E-state index >= 15 is 0 Å². The van der Waals surface area contributed by atoms with Crippen LogP contribution in [0.4, 0.5) is 11.8 Å². The fraction of sp³-hybridized carbons (Fsp3) is 0.214. The summed E-state index contributed by atoms with van der Waals surface area (Å²) in [4.78, 5) is 8.57. The third-order valence-corrected chi connectivity index (χ3v) is 3.33. The minimum Gasteiger partial charge on any atom is -0.307 e. The van der Waals surface area contributed by atoms with E-state index in [1.807, 2.05) is 19.3 Å². The zero-order valence-corrected chi connectivity index (χ0v) is 13.1. The molecule has 0 spiro atoms. The minimum atomic E-state index is 0.394.